The zero-order chi connectivity index (χ0) is 19.7. The topological polar surface area (TPSA) is 89.0 Å². The Balaban J connectivity index is 2.65. The van der Waals surface area contributed by atoms with Crippen LogP contribution in [0.15, 0.2) is 23.2 Å². The molecule has 1 atom stereocenters. The second kappa shape index (κ2) is 10.1. The maximum absolute atomic E-state index is 12.5. The standard InChI is InChI=1S/C16H25F2N3O4S/c1-11(7-8-26(4,22)23)21-16(19-2)20-10-12-5-6-13(24-3)14(9-12)25-15(17)18/h5-6,9,11,15H,7-8,10H2,1-4H3,(H2,19,20,21). The zero-order valence-corrected chi connectivity index (χ0v) is 16.1. The third kappa shape index (κ3) is 8.32. The van der Waals surface area contributed by atoms with Crippen molar-refractivity contribution in [3.8, 4) is 11.5 Å². The normalized spacial score (nSPS) is 13.4. The van der Waals surface area contributed by atoms with Crippen molar-refractivity contribution in [2.75, 3.05) is 26.2 Å². The number of rotatable bonds is 9. The molecule has 7 nitrogen and oxygen atoms in total. The summed E-state index contributed by atoms with van der Waals surface area (Å²) in [6.45, 7) is -0.792. The molecule has 0 aliphatic rings. The first-order valence-corrected chi connectivity index (χ1v) is 9.97. The van der Waals surface area contributed by atoms with Gasteiger partial charge in [0.25, 0.3) is 0 Å². The van der Waals surface area contributed by atoms with Crippen molar-refractivity contribution in [2.24, 2.45) is 4.99 Å². The van der Waals surface area contributed by atoms with E-state index in [1.54, 1.807) is 19.2 Å². The number of benzene rings is 1. The van der Waals surface area contributed by atoms with Gasteiger partial charge >= 0.3 is 6.61 Å². The molecule has 1 aromatic carbocycles. The van der Waals surface area contributed by atoms with Crippen molar-refractivity contribution >= 4 is 15.8 Å². The summed E-state index contributed by atoms with van der Waals surface area (Å²) >= 11 is 0. The van der Waals surface area contributed by atoms with Crippen LogP contribution in [0.2, 0.25) is 0 Å². The Morgan fingerprint density at radius 1 is 1.31 bits per heavy atom. The highest BCUT2D eigenvalue weighted by Gasteiger charge is 2.12. The first kappa shape index (κ1) is 21.9. The molecule has 2 N–H and O–H groups in total. The van der Waals surface area contributed by atoms with Crippen molar-refractivity contribution in [2.45, 2.75) is 32.5 Å². The summed E-state index contributed by atoms with van der Waals surface area (Å²) in [5.41, 5.74) is 0.688. The Morgan fingerprint density at radius 2 is 2.00 bits per heavy atom. The minimum atomic E-state index is -3.03. The van der Waals surface area contributed by atoms with Gasteiger partial charge in [-0.1, -0.05) is 6.07 Å². The highest BCUT2D eigenvalue weighted by molar-refractivity contribution is 7.90. The molecule has 0 bridgehead atoms. The van der Waals surface area contributed by atoms with E-state index in [2.05, 4.69) is 20.4 Å². The van der Waals surface area contributed by atoms with Gasteiger partial charge in [-0.3, -0.25) is 4.99 Å². The van der Waals surface area contributed by atoms with E-state index in [1.807, 2.05) is 6.92 Å². The predicted octanol–water partition coefficient (Wildman–Crippen LogP) is 1.78. The fourth-order valence-electron chi connectivity index (χ4n) is 2.10. The summed E-state index contributed by atoms with van der Waals surface area (Å²) in [6.07, 6.45) is 1.63. The van der Waals surface area contributed by atoms with Gasteiger partial charge in [0.15, 0.2) is 17.5 Å². The van der Waals surface area contributed by atoms with Crippen molar-refractivity contribution in [3.63, 3.8) is 0 Å². The van der Waals surface area contributed by atoms with Gasteiger partial charge < -0.3 is 20.1 Å². The van der Waals surface area contributed by atoms with Gasteiger partial charge in [0.1, 0.15) is 9.84 Å². The Morgan fingerprint density at radius 3 is 2.54 bits per heavy atom. The van der Waals surface area contributed by atoms with Crippen LogP contribution in [0.5, 0.6) is 11.5 Å². The molecule has 1 unspecified atom stereocenters. The third-order valence-electron chi connectivity index (χ3n) is 3.43. The molecule has 1 aromatic rings. The zero-order valence-electron chi connectivity index (χ0n) is 15.3. The number of hydrogen-bond acceptors (Lipinski definition) is 5. The van der Waals surface area contributed by atoms with Crippen LogP contribution in [-0.4, -0.2) is 53.2 Å². The lowest BCUT2D eigenvalue weighted by molar-refractivity contribution is -0.0512. The maximum atomic E-state index is 12.5. The Kier molecular flexibility index (Phi) is 8.56. The fourth-order valence-corrected chi connectivity index (χ4v) is 2.88. The molecule has 1 rings (SSSR count). The summed E-state index contributed by atoms with van der Waals surface area (Å²) in [6, 6.07) is 4.60. The van der Waals surface area contributed by atoms with Gasteiger partial charge in [0.05, 0.1) is 12.9 Å². The number of nitrogens with zero attached hydrogens (tertiary/aromatic N) is 1. The van der Waals surface area contributed by atoms with Gasteiger partial charge in [-0.05, 0) is 31.0 Å². The first-order chi connectivity index (χ1) is 12.1. The van der Waals surface area contributed by atoms with Crippen molar-refractivity contribution in [3.05, 3.63) is 23.8 Å². The van der Waals surface area contributed by atoms with Gasteiger partial charge in [-0.2, -0.15) is 8.78 Å². The number of methoxy groups -OCH3 is 1. The van der Waals surface area contributed by atoms with E-state index in [0.717, 1.165) is 0 Å². The number of aliphatic imine (C=N–C) groups is 1. The smallest absolute Gasteiger partial charge is 0.387 e. The molecule has 148 valence electrons. The minimum absolute atomic E-state index is 0.0498. The maximum Gasteiger partial charge on any atom is 0.387 e. The van der Waals surface area contributed by atoms with Gasteiger partial charge in [-0.15, -0.1) is 0 Å². The summed E-state index contributed by atoms with van der Waals surface area (Å²) in [5.74, 6) is 0.709. The van der Waals surface area contributed by atoms with E-state index in [1.165, 1.54) is 19.4 Å². The summed E-state index contributed by atoms with van der Waals surface area (Å²) in [7, 11) is -0.0741. The van der Waals surface area contributed by atoms with E-state index in [4.69, 9.17) is 4.74 Å². The molecule has 0 aliphatic carbocycles. The number of nitrogens with one attached hydrogen (secondary N) is 2. The van der Waals surface area contributed by atoms with Crippen LogP contribution in [0.1, 0.15) is 18.9 Å². The number of sulfone groups is 1. The van der Waals surface area contributed by atoms with Crippen LogP contribution < -0.4 is 20.1 Å². The SMILES string of the molecule is CN=C(NCc1ccc(OC)c(OC(F)F)c1)NC(C)CCS(C)(=O)=O. The van der Waals surface area contributed by atoms with Crippen LogP contribution in [0.3, 0.4) is 0 Å². The average Bonchev–Trinajstić information content (AvgIpc) is 2.55. The number of hydrogen-bond donors (Lipinski definition) is 2. The van der Waals surface area contributed by atoms with Crippen molar-refractivity contribution < 1.29 is 26.7 Å². The van der Waals surface area contributed by atoms with Crippen LogP contribution >= 0.6 is 0 Å². The van der Waals surface area contributed by atoms with E-state index in [0.29, 0.717) is 24.5 Å². The second-order valence-corrected chi connectivity index (χ2v) is 8.01. The molecular weight excluding hydrogens is 368 g/mol. The van der Waals surface area contributed by atoms with Crippen molar-refractivity contribution in [1.29, 1.82) is 0 Å². The average molecular weight is 393 g/mol. The molecule has 0 saturated carbocycles. The van der Waals surface area contributed by atoms with E-state index >= 15 is 0 Å². The lowest BCUT2D eigenvalue weighted by Crippen LogP contribution is -2.42. The Hall–Kier alpha value is -2.10. The molecule has 0 fully saturated rings. The van der Waals surface area contributed by atoms with Crippen LogP contribution in [-0.2, 0) is 16.4 Å². The van der Waals surface area contributed by atoms with Crippen molar-refractivity contribution in [1.82, 2.24) is 10.6 Å². The Labute approximate surface area is 152 Å². The van der Waals surface area contributed by atoms with Crippen LogP contribution in [0, 0.1) is 0 Å². The monoisotopic (exact) mass is 393 g/mol. The van der Waals surface area contributed by atoms with E-state index in [-0.39, 0.29) is 23.3 Å². The molecule has 0 aromatic heterocycles. The highest BCUT2D eigenvalue weighted by Crippen LogP contribution is 2.29. The number of guanidine groups is 1. The second-order valence-electron chi connectivity index (χ2n) is 5.75. The lowest BCUT2D eigenvalue weighted by atomic mass is 10.2. The predicted molar refractivity (Wildman–Crippen MR) is 96.8 cm³/mol. The highest BCUT2D eigenvalue weighted by atomic mass is 32.2. The number of halogens is 2. The first-order valence-electron chi connectivity index (χ1n) is 7.91. The molecule has 0 aliphatic heterocycles. The molecule has 0 saturated heterocycles. The van der Waals surface area contributed by atoms with Crippen LogP contribution in [0.4, 0.5) is 8.78 Å². The van der Waals surface area contributed by atoms with Gasteiger partial charge in [-0.25, -0.2) is 8.42 Å². The summed E-state index contributed by atoms with van der Waals surface area (Å²) in [5, 5.41) is 6.11. The molecule has 0 amide bonds. The molecule has 0 heterocycles. The third-order valence-corrected chi connectivity index (χ3v) is 4.41. The molecule has 26 heavy (non-hydrogen) atoms. The number of alkyl halides is 2. The van der Waals surface area contributed by atoms with E-state index in [9.17, 15) is 17.2 Å². The molecule has 0 radical (unpaired) electrons. The Bertz CT molecular complexity index is 711. The summed E-state index contributed by atoms with van der Waals surface area (Å²) in [4.78, 5) is 4.06. The molecule has 0 spiro atoms. The van der Waals surface area contributed by atoms with Gasteiger partial charge in [0.2, 0.25) is 0 Å². The van der Waals surface area contributed by atoms with Crippen LogP contribution in [0.25, 0.3) is 0 Å². The van der Waals surface area contributed by atoms with E-state index < -0.39 is 16.4 Å². The molecular formula is C16H25F2N3O4S. The fraction of sp³-hybridized carbons (Fsp3) is 0.562. The minimum Gasteiger partial charge on any atom is -0.493 e. The summed E-state index contributed by atoms with van der Waals surface area (Å²) < 4.78 is 56.8. The molecule has 10 heteroatoms. The lowest BCUT2D eigenvalue weighted by Gasteiger charge is -2.18. The largest absolute Gasteiger partial charge is 0.493 e. The van der Waals surface area contributed by atoms with Gasteiger partial charge in [0, 0.05) is 25.9 Å². The quantitative estimate of drug-likeness (QED) is 0.491. The number of ether oxygens (including phenoxy) is 2.